The highest BCUT2D eigenvalue weighted by atomic mass is 19.3. The van der Waals surface area contributed by atoms with Gasteiger partial charge < -0.3 is 33.7 Å². The first-order valence-electron chi connectivity index (χ1n) is 15.9. The molecule has 10 heteroatoms. The third-order valence-corrected chi connectivity index (χ3v) is 7.99. The van der Waals surface area contributed by atoms with E-state index in [0.29, 0.717) is 11.4 Å². The van der Waals surface area contributed by atoms with E-state index in [1.807, 2.05) is 91.0 Å². The summed E-state index contributed by atoms with van der Waals surface area (Å²) in [5.74, 6) is -5.16. The number of rotatable bonds is 17. The molecule has 1 heterocycles. The van der Waals surface area contributed by atoms with Gasteiger partial charge in [-0.15, -0.1) is 0 Å². The summed E-state index contributed by atoms with van der Waals surface area (Å²) in [6.07, 6.45) is -4.08. The van der Waals surface area contributed by atoms with Crippen LogP contribution in [-0.2, 0) is 48.3 Å². The Morgan fingerprint density at radius 1 is 0.771 bits per heavy atom. The van der Waals surface area contributed by atoms with Gasteiger partial charge in [-0.25, -0.2) is 4.79 Å². The SMILES string of the molecule is CCOC(=O)C(F)(F)C(Nc1ccc(OC)cc1)[C@@H]1O[C@H](COCc2ccccc2)[C@@H](OCc2ccccc2)[C@H]1OCc1ccccc1. The molecule has 4 aromatic carbocycles. The summed E-state index contributed by atoms with van der Waals surface area (Å²) < 4.78 is 68.1. The highest BCUT2D eigenvalue weighted by molar-refractivity contribution is 5.79. The number of halogens is 2. The van der Waals surface area contributed by atoms with Gasteiger partial charge in [0.05, 0.1) is 40.1 Å². The molecule has 1 saturated heterocycles. The average Bonchev–Trinajstić information content (AvgIpc) is 3.46. The molecule has 0 saturated carbocycles. The molecule has 0 spiro atoms. The Balaban J connectivity index is 1.50. The Bertz CT molecular complexity index is 1530. The van der Waals surface area contributed by atoms with Crippen LogP contribution in [-0.4, -0.2) is 62.7 Å². The lowest BCUT2D eigenvalue weighted by Crippen LogP contribution is -2.57. The number of hydrogen-bond acceptors (Lipinski definition) is 8. The molecule has 1 unspecified atom stereocenters. The molecule has 254 valence electrons. The maximum atomic E-state index is 16.3. The van der Waals surface area contributed by atoms with Crippen molar-refractivity contribution in [1.29, 1.82) is 0 Å². The lowest BCUT2D eigenvalue weighted by Gasteiger charge is -2.34. The Hall–Kier alpha value is -4.35. The van der Waals surface area contributed by atoms with Crippen molar-refractivity contribution in [2.45, 2.75) is 63.1 Å². The molecule has 4 aromatic rings. The lowest BCUT2D eigenvalue weighted by molar-refractivity contribution is -0.182. The van der Waals surface area contributed by atoms with Gasteiger partial charge in [0.25, 0.3) is 0 Å². The lowest BCUT2D eigenvalue weighted by atomic mass is 9.96. The summed E-state index contributed by atoms with van der Waals surface area (Å²) in [6, 6.07) is 33.0. The van der Waals surface area contributed by atoms with Gasteiger partial charge in [-0.1, -0.05) is 91.0 Å². The zero-order valence-corrected chi connectivity index (χ0v) is 27.0. The van der Waals surface area contributed by atoms with Crippen LogP contribution in [0.4, 0.5) is 14.5 Å². The van der Waals surface area contributed by atoms with Crippen molar-refractivity contribution in [1.82, 2.24) is 0 Å². The second-order valence-electron chi connectivity index (χ2n) is 11.4. The van der Waals surface area contributed by atoms with Crippen molar-refractivity contribution < 1.29 is 42.0 Å². The topological polar surface area (TPSA) is 84.5 Å². The molecule has 1 aliphatic heterocycles. The summed E-state index contributed by atoms with van der Waals surface area (Å²) in [7, 11) is 1.51. The van der Waals surface area contributed by atoms with Gasteiger partial charge in [-0.2, -0.15) is 8.78 Å². The first-order chi connectivity index (χ1) is 23.4. The maximum Gasteiger partial charge on any atom is 0.379 e. The number of carbonyl (C=O) groups is 1. The van der Waals surface area contributed by atoms with Crippen LogP contribution >= 0.6 is 0 Å². The molecule has 0 aliphatic carbocycles. The predicted molar refractivity (Wildman–Crippen MR) is 177 cm³/mol. The number of ether oxygens (including phenoxy) is 6. The summed E-state index contributed by atoms with van der Waals surface area (Å²) in [5, 5.41) is 2.87. The number of anilines is 1. The van der Waals surface area contributed by atoms with Gasteiger partial charge in [-0.3, -0.25) is 0 Å². The number of alkyl halides is 2. The van der Waals surface area contributed by atoms with E-state index in [1.54, 1.807) is 24.3 Å². The van der Waals surface area contributed by atoms with Gasteiger partial charge in [0.15, 0.2) is 0 Å². The highest BCUT2D eigenvalue weighted by Gasteiger charge is 2.60. The standard InChI is InChI=1S/C38H41F2NO7/c1-3-45-37(42)38(39,40)36(41-30-19-21-31(43-2)22-20-30)35-34(47-25-29-17-11-6-12-18-29)33(46-24-28-15-9-5-10-16-28)32(48-35)26-44-23-27-13-7-4-8-14-27/h4-22,32-36,41H,3,23-26H2,1-2H3/t32-,33-,34-,35-,36?/m1/s1. The summed E-state index contributed by atoms with van der Waals surface area (Å²) in [4.78, 5) is 12.9. The van der Waals surface area contributed by atoms with Crippen LogP contribution in [0.2, 0.25) is 0 Å². The van der Waals surface area contributed by atoms with Crippen molar-refractivity contribution in [2.75, 3.05) is 25.6 Å². The van der Waals surface area contributed by atoms with E-state index in [4.69, 9.17) is 28.4 Å². The zero-order chi connectivity index (χ0) is 33.8. The number of esters is 1. The molecule has 5 atom stereocenters. The van der Waals surface area contributed by atoms with Gasteiger partial charge in [0.1, 0.15) is 36.2 Å². The minimum Gasteiger partial charge on any atom is -0.497 e. The van der Waals surface area contributed by atoms with E-state index >= 15 is 8.78 Å². The van der Waals surface area contributed by atoms with E-state index < -0.39 is 42.3 Å². The van der Waals surface area contributed by atoms with Gasteiger partial charge in [-0.05, 0) is 47.9 Å². The second-order valence-corrected chi connectivity index (χ2v) is 11.4. The van der Waals surface area contributed by atoms with Crippen LogP contribution in [0.5, 0.6) is 5.75 Å². The van der Waals surface area contributed by atoms with Crippen LogP contribution in [0.3, 0.4) is 0 Å². The normalized spacial score (nSPS) is 19.8. The average molecular weight is 662 g/mol. The fourth-order valence-electron chi connectivity index (χ4n) is 5.55. The van der Waals surface area contributed by atoms with E-state index in [0.717, 1.165) is 16.7 Å². The molecule has 0 radical (unpaired) electrons. The van der Waals surface area contributed by atoms with Gasteiger partial charge in [0, 0.05) is 5.69 Å². The van der Waals surface area contributed by atoms with Crippen LogP contribution in [0.1, 0.15) is 23.6 Å². The Kier molecular flexibility index (Phi) is 12.5. The van der Waals surface area contributed by atoms with Gasteiger partial charge in [0.2, 0.25) is 0 Å². The van der Waals surface area contributed by atoms with Crippen molar-refractivity contribution in [3.05, 3.63) is 132 Å². The molecular weight excluding hydrogens is 620 g/mol. The molecule has 8 nitrogen and oxygen atoms in total. The van der Waals surface area contributed by atoms with Crippen molar-refractivity contribution >= 4 is 11.7 Å². The molecule has 0 aromatic heterocycles. The summed E-state index contributed by atoms with van der Waals surface area (Å²) >= 11 is 0. The second kappa shape index (κ2) is 17.2. The Labute approximate surface area is 279 Å². The van der Waals surface area contributed by atoms with E-state index in [-0.39, 0.29) is 33.0 Å². The Morgan fingerprint density at radius 2 is 1.29 bits per heavy atom. The van der Waals surface area contributed by atoms with Crippen LogP contribution in [0.25, 0.3) is 0 Å². The van der Waals surface area contributed by atoms with Crippen molar-refractivity contribution in [3.63, 3.8) is 0 Å². The fourth-order valence-corrected chi connectivity index (χ4v) is 5.55. The third kappa shape index (κ3) is 9.17. The monoisotopic (exact) mass is 661 g/mol. The molecule has 5 rings (SSSR count). The maximum absolute atomic E-state index is 16.3. The predicted octanol–water partition coefficient (Wildman–Crippen LogP) is 6.83. The third-order valence-electron chi connectivity index (χ3n) is 7.99. The van der Waals surface area contributed by atoms with Gasteiger partial charge >= 0.3 is 11.9 Å². The molecule has 48 heavy (non-hydrogen) atoms. The first-order valence-corrected chi connectivity index (χ1v) is 15.9. The Morgan fingerprint density at radius 3 is 1.81 bits per heavy atom. The van der Waals surface area contributed by atoms with Crippen LogP contribution in [0, 0.1) is 0 Å². The van der Waals surface area contributed by atoms with Crippen LogP contribution in [0.15, 0.2) is 115 Å². The molecule has 1 aliphatic rings. The van der Waals surface area contributed by atoms with Crippen LogP contribution < -0.4 is 10.1 Å². The molecule has 0 amide bonds. The van der Waals surface area contributed by atoms with Crippen molar-refractivity contribution in [2.24, 2.45) is 0 Å². The smallest absolute Gasteiger partial charge is 0.379 e. The summed E-state index contributed by atoms with van der Waals surface area (Å²) in [6.45, 7) is 1.82. The molecule has 1 fully saturated rings. The highest BCUT2D eigenvalue weighted by Crippen LogP contribution is 2.38. The fraction of sp³-hybridized carbons (Fsp3) is 0.342. The minimum atomic E-state index is -4.03. The molecular formula is C38H41F2NO7. The largest absolute Gasteiger partial charge is 0.497 e. The molecule has 1 N–H and O–H groups in total. The first kappa shape index (κ1) is 35.0. The van der Waals surface area contributed by atoms with E-state index in [2.05, 4.69) is 5.32 Å². The quantitative estimate of drug-likeness (QED) is 0.123. The number of hydrogen-bond donors (Lipinski definition) is 1. The number of nitrogens with one attached hydrogen (secondary N) is 1. The number of carbonyl (C=O) groups excluding carboxylic acids is 1. The minimum absolute atomic E-state index is 0.0241. The number of benzene rings is 4. The zero-order valence-electron chi connectivity index (χ0n) is 27.0. The number of methoxy groups -OCH3 is 1. The summed E-state index contributed by atoms with van der Waals surface area (Å²) in [5.41, 5.74) is 2.98. The van der Waals surface area contributed by atoms with E-state index in [9.17, 15) is 4.79 Å². The molecule has 0 bridgehead atoms. The van der Waals surface area contributed by atoms with Crippen molar-refractivity contribution in [3.8, 4) is 5.75 Å². The van der Waals surface area contributed by atoms with E-state index in [1.165, 1.54) is 14.0 Å².